The fraction of sp³-hybridized carbons (Fsp3) is 0.963. The molecule has 4 nitrogen and oxygen atoms in total. The molecule has 5 heteroatoms. The molecule has 4 aliphatic rings. The third-order valence-corrected chi connectivity index (χ3v) is 11.2. The second kappa shape index (κ2) is 8.83. The molecule has 0 aromatic rings. The van der Waals surface area contributed by atoms with Crippen molar-refractivity contribution < 1.29 is 24.1 Å². The minimum Gasteiger partial charge on any atom is -0.469 e. The van der Waals surface area contributed by atoms with E-state index in [1.54, 1.807) is 0 Å². The number of methoxy groups -OCH3 is 1. The first kappa shape index (κ1) is 24.4. The summed E-state index contributed by atoms with van der Waals surface area (Å²) in [5, 5.41) is 22.1. The quantitative estimate of drug-likeness (QED) is 0.566. The summed E-state index contributed by atoms with van der Waals surface area (Å²) in [6, 6.07) is 0. The lowest BCUT2D eigenvalue weighted by molar-refractivity contribution is -0.213. The van der Waals surface area contributed by atoms with Gasteiger partial charge in [0.2, 0.25) is 0 Å². The first-order chi connectivity index (χ1) is 15.1. The van der Waals surface area contributed by atoms with Crippen LogP contribution in [0.3, 0.4) is 0 Å². The fourth-order valence-electron chi connectivity index (χ4n) is 9.59. The van der Waals surface area contributed by atoms with Crippen LogP contribution in [0.25, 0.3) is 0 Å². The van der Waals surface area contributed by atoms with Crippen LogP contribution in [0.4, 0.5) is 4.39 Å². The summed E-state index contributed by atoms with van der Waals surface area (Å²) >= 11 is 0. The standard InChI is InChI=1S/C27H45FO4/c1-6-16-20-13-22(29)21(28)14-27(20,4)19-11-12-26(3)17(15(2)7-10-23(30)32-5)8-9-18(26)24(19)25(16)31/h15-22,24-25,29,31H,6-14H2,1-5H3/t15?,16-,17-,18+,19+,20+,21+,22-,24+,25-,26-,27-/m1/s1. The maximum absolute atomic E-state index is 14.8. The van der Waals surface area contributed by atoms with E-state index in [4.69, 9.17) is 4.74 Å². The molecule has 32 heavy (non-hydrogen) atoms. The first-order valence-corrected chi connectivity index (χ1v) is 13.2. The van der Waals surface area contributed by atoms with Gasteiger partial charge in [-0.3, -0.25) is 4.79 Å². The smallest absolute Gasteiger partial charge is 0.305 e. The van der Waals surface area contributed by atoms with Crippen LogP contribution < -0.4 is 0 Å². The van der Waals surface area contributed by atoms with Crippen LogP contribution in [0.1, 0.15) is 85.5 Å². The molecule has 4 fully saturated rings. The Balaban J connectivity index is 1.60. The first-order valence-electron chi connectivity index (χ1n) is 13.2. The normalized spacial score (nSPS) is 51.3. The van der Waals surface area contributed by atoms with E-state index in [2.05, 4.69) is 27.7 Å². The average molecular weight is 453 g/mol. The van der Waals surface area contributed by atoms with E-state index in [9.17, 15) is 19.4 Å². The Labute approximate surface area is 193 Å². The van der Waals surface area contributed by atoms with E-state index in [1.165, 1.54) is 7.11 Å². The number of aliphatic hydroxyl groups is 2. The lowest BCUT2D eigenvalue weighted by Crippen LogP contribution is -2.63. The van der Waals surface area contributed by atoms with Crippen LogP contribution in [0.5, 0.6) is 0 Å². The molecule has 0 radical (unpaired) electrons. The zero-order chi connectivity index (χ0) is 23.4. The number of halogens is 1. The second-order valence-corrected chi connectivity index (χ2v) is 12.3. The van der Waals surface area contributed by atoms with E-state index in [0.29, 0.717) is 42.9 Å². The molecule has 0 amide bonds. The second-order valence-electron chi connectivity index (χ2n) is 12.3. The van der Waals surface area contributed by atoms with Crippen molar-refractivity contribution in [2.24, 2.45) is 52.3 Å². The molecular weight excluding hydrogens is 407 g/mol. The zero-order valence-corrected chi connectivity index (χ0v) is 20.7. The van der Waals surface area contributed by atoms with E-state index in [0.717, 1.165) is 38.5 Å². The Morgan fingerprint density at radius 1 is 1.12 bits per heavy atom. The SMILES string of the molecule is CC[C@H]1[C@@H](O)[C@@H]2[C@H](CC[C@]3(C)[C@@H](C(C)CCC(=O)OC)CC[C@@H]23)[C@@]2(C)C[C@H](F)[C@H](O)C[C@@H]12. The highest BCUT2D eigenvalue weighted by atomic mass is 19.1. The molecule has 4 aliphatic carbocycles. The maximum atomic E-state index is 14.8. The van der Waals surface area contributed by atoms with E-state index < -0.39 is 12.3 Å². The molecule has 184 valence electrons. The Morgan fingerprint density at radius 3 is 2.47 bits per heavy atom. The Hall–Kier alpha value is -0.680. The van der Waals surface area contributed by atoms with Gasteiger partial charge in [0, 0.05) is 6.42 Å². The summed E-state index contributed by atoms with van der Waals surface area (Å²) in [5.41, 5.74) is 0.0294. The van der Waals surface area contributed by atoms with Gasteiger partial charge < -0.3 is 14.9 Å². The lowest BCUT2D eigenvalue weighted by Gasteiger charge is -2.65. The number of alkyl halides is 1. The number of aliphatic hydroxyl groups excluding tert-OH is 2. The Morgan fingerprint density at radius 2 is 1.81 bits per heavy atom. The van der Waals surface area contributed by atoms with Crippen molar-refractivity contribution in [2.75, 3.05) is 7.11 Å². The van der Waals surface area contributed by atoms with Gasteiger partial charge in [-0.25, -0.2) is 4.39 Å². The lowest BCUT2D eigenvalue weighted by atomic mass is 9.41. The Kier molecular flexibility index (Phi) is 6.75. The molecule has 12 atom stereocenters. The Bertz CT molecular complexity index is 699. The van der Waals surface area contributed by atoms with Crippen molar-refractivity contribution in [2.45, 2.75) is 104 Å². The van der Waals surface area contributed by atoms with Crippen LogP contribution in [0.15, 0.2) is 0 Å². The number of carbonyl (C=O) groups excluding carboxylic acids is 1. The maximum Gasteiger partial charge on any atom is 0.305 e. The molecule has 0 bridgehead atoms. The van der Waals surface area contributed by atoms with Crippen LogP contribution in [-0.4, -0.2) is 41.7 Å². The highest BCUT2D eigenvalue weighted by Gasteiger charge is 2.65. The van der Waals surface area contributed by atoms with Crippen molar-refractivity contribution >= 4 is 5.97 Å². The molecule has 4 rings (SSSR count). The molecular formula is C27H45FO4. The molecule has 0 heterocycles. The average Bonchev–Trinajstić information content (AvgIpc) is 3.11. The minimum absolute atomic E-state index is 0.132. The highest BCUT2D eigenvalue weighted by Crippen LogP contribution is 2.69. The predicted octanol–water partition coefficient (Wildman–Crippen LogP) is 5.15. The van der Waals surface area contributed by atoms with Gasteiger partial charge in [0.1, 0.15) is 6.17 Å². The molecule has 0 saturated heterocycles. The van der Waals surface area contributed by atoms with Crippen molar-refractivity contribution in [3.05, 3.63) is 0 Å². The van der Waals surface area contributed by atoms with Gasteiger partial charge in [0.15, 0.2) is 0 Å². The van der Waals surface area contributed by atoms with Crippen LogP contribution in [0.2, 0.25) is 0 Å². The topological polar surface area (TPSA) is 66.8 Å². The monoisotopic (exact) mass is 452 g/mol. The predicted molar refractivity (Wildman–Crippen MR) is 122 cm³/mol. The molecule has 0 spiro atoms. The fourth-order valence-corrected chi connectivity index (χ4v) is 9.59. The third kappa shape index (κ3) is 3.65. The number of carbonyl (C=O) groups is 1. The van der Waals surface area contributed by atoms with Gasteiger partial charge in [0.05, 0.1) is 19.3 Å². The van der Waals surface area contributed by atoms with Crippen molar-refractivity contribution in [3.8, 4) is 0 Å². The molecule has 0 aliphatic heterocycles. The molecule has 1 unspecified atom stereocenters. The van der Waals surface area contributed by atoms with Crippen LogP contribution >= 0.6 is 0 Å². The van der Waals surface area contributed by atoms with Crippen molar-refractivity contribution in [3.63, 3.8) is 0 Å². The molecule has 4 saturated carbocycles. The zero-order valence-electron chi connectivity index (χ0n) is 20.7. The van der Waals surface area contributed by atoms with Crippen molar-refractivity contribution in [1.82, 2.24) is 0 Å². The summed E-state index contributed by atoms with van der Waals surface area (Å²) in [6.45, 7) is 9.14. The number of hydrogen-bond donors (Lipinski definition) is 2. The summed E-state index contributed by atoms with van der Waals surface area (Å²) in [7, 11) is 1.45. The molecule has 2 N–H and O–H groups in total. The summed E-state index contributed by atoms with van der Waals surface area (Å²) in [5.74, 6) is 2.22. The summed E-state index contributed by atoms with van der Waals surface area (Å²) < 4.78 is 19.7. The van der Waals surface area contributed by atoms with E-state index >= 15 is 0 Å². The number of rotatable bonds is 5. The molecule has 0 aromatic heterocycles. The largest absolute Gasteiger partial charge is 0.469 e. The van der Waals surface area contributed by atoms with Crippen LogP contribution in [0, 0.1) is 52.3 Å². The van der Waals surface area contributed by atoms with Crippen molar-refractivity contribution in [1.29, 1.82) is 0 Å². The molecule has 0 aromatic carbocycles. The van der Waals surface area contributed by atoms with Gasteiger partial charge in [-0.05, 0) is 97.2 Å². The highest BCUT2D eigenvalue weighted by molar-refractivity contribution is 5.69. The number of ether oxygens (including phenoxy) is 1. The van der Waals surface area contributed by atoms with Crippen LogP contribution in [-0.2, 0) is 9.53 Å². The van der Waals surface area contributed by atoms with E-state index in [1.807, 2.05) is 0 Å². The van der Waals surface area contributed by atoms with Gasteiger partial charge in [-0.15, -0.1) is 0 Å². The summed E-state index contributed by atoms with van der Waals surface area (Å²) in [6.07, 6.45) is 5.20. The minimum atomic E-state index is -1.15. The van der Waals surface area contributed by atoms with Gasteiger partial charge in [-0.1, -0.05) is 34.1 Å². The number of fused-ring (bicyclic) bond motifs is 5. The van der Waals surface area contributed by atoms with E-state index in [-0.39, 0.29) is 40.7 Å². The number of esters is 1. The number of hydrogen-bond acceptors (Lipinski definition) is 4. The van der Waals surface area contributed by atoms with Gasteiger partial charge in [0.25, 0.3) is 0 Å². The van der Waals surface area contributed by atoms with Gasteiger partial charge in [-0.2, -0.15) is 0 Å². The summed E-state index contributed by atoms with van der Waals surface area (Å²) in [4.78, 5) is 11.7. The van der Waals surface area contributed by atoms with Gasteiger partial charge >= 0.3 is 5.97 Å². The third-order valence-electron chi connectivity index (χ3n) is 11.2.